The molecule has 0 amide bonds. The summed E-state index contributed by atoms with van der Waals surface area (Å²) >= 11 is 0. The lowest BCUT2D eigenvalue weighted by molar-refractivity contribution is -0.149. The molecule has 1 aliphatic rings. The molecule has 0 radical (unpaired) electrons. The summed E-state index contributed by atoms with van der Waals surface area (Å²) in [6.07, 6.45) is 7.46. The van der Waals surface area contributed by atoms with Crippen LogP contribution < -0.4 is 0 Å². The van der Waals surface area contributed by atoms with Crippen LogP contribution in [0.1, 0.15) is 23.0 Å². The van der Waals surface area contributed by atoms with Crippen LogP contribution in [0.5, 0.6) is 0 Å². The van der Waals surface area contributed by atoms with Gasteiger partial charge >= 0.3 is 5.97 Å². The second-order valence-electron chi connectivity index (χ2n) is 7.22. The molecule has 1 N–H and O–H groups in total. The van der Waals surface area contributed by atoms with Crippen molar-refractivity contribution in [1.82, 2.24) is 9.97 Å². The summed E-state index contributed by atoms with van der Waals surface area (Å²) in [5, 5.41) is 1.56. The van der Waals surface area contributed by atoms with Crippen molar-refractivity contribution in [3.8, 4) is 0 Å². The third kappa shape index (κ3) is 3.70. The number of nitrogens with one attached hydrogen (secondary N) is 1. The highest BCUT2D eigenvalue weighted by molar-refractivity contribution is 6.19. The van der Waals surface area contributed by atoms with E-state index in [1.807, 2.05) is 30.3 Å². The highest BCUT2D eigenvalue weighted by atomic mass is 16.5. The molecule has 0 saturated carbocycles. The third-order valence-electron chi connectivity index (χ3n) is 5.36. The van der Waals surface area contributed by atoms with Gasteiger partial charge in [-0.25, -0.2) is 4.98 Å². The minimum absolute atomic E-state index is 0.0552. The topological polar surface area (TPSA) is 101 Å². The van der Waals surface area contributed by atoms with Crippen LogP contribution in [0.25, 0.3) is 10.8 Å². The molecule has 4 rings (SSSR count). The van der Waals surface area contributed by atoms with Crippen molar-refractivity contribution in [2.75, 3.05) is 6.61 Å². The third-order valence-corrected chi connectivity index (χ3v) is 5.36. The molecule has 0 spiro atoms. The molecule has 0 saturated heterocycles. The number of rotatable bonds is 8. The largest absolute Gasteiger partial charge is 0.465 e. The van der Waals surface area contributed by atoms with Crippen LogP contribution in [0, 0.1) is 5.92 Å². The standard InChI is InChI=1S/C24H21N3O4/c1-2-31-23(30)21(22(29)19-10-5-8-16-7-3-4-9-18(16)19)24(11-6-12-27-24)20(28)13-17-14-25-15-26-17/h3-12,14-15,21H,2,13H2,1H3,(H,25,26). The molecule has 31 heavy (non-hydrogen) atoms. The van der Waals surface area contributed by atoms with Crippen LogP contribution in [0.4, 0.5) is 0 Å². The predicted molar refractivity (Wildman–Crippen MR) is 116 cm³/mol. The lowest BCUT2D eigenvalue weighted by Gasteiger charge is -2.30. The molecule has 7 nitrogen and oxygen atoms in total. The van der Waals surface area contributed by atoms with Crippen LogP contribution in [-0.4, -0.2) is 45.9 Å². The predicted octanol–water partition coefficient (Wildman–Crippen LogP) is 3.12. The number of aliphatic imine (C=N–C) groups is 1. The second-order valence-corrected chi connectivity index (χ2v) is 7.22. The van der Waals surface area contributed by atoms with Gasteiger partial charge in [0.2, 0.25) is 0 Å². The van der Waals surface area contributed by atoms with E-state index in [1.54, 1.807) is 25.1 Å². The van der Waals surface area contributed by atoms with Crippen LogP contribution in [0.2, 0.25) is 0 Å². The number of allylic oxidation sites excluding steroid dienone is 1. The molecule has 2 atom stereocenters. The van der Waals surface area contributed by atoms with Crippen molar-refractivity contribution in [2.45, 2.75) is 18.9 Å². The average Bonchev–Trinajstić information content (AvgIpc) is 3.47. The zero-order valence-electron chi connectivity index (χ0n) is 16.9. The van der Waals surface area contributed by atoms with Crippen LogP contribution >= 0.6 is 0 Å². The molecule has 3 aromatic rings. The van der Waals surface area contributed by atoms with E-state index in [0.717, 1.165) is 5.39 Å². The number of fused-ring (bicyclic) bond motifs is 1. The smallest absolute Gasteiger partial charge is 0.320 e. The number of H-pyrrole nitrogens is 1. The molecule has 156 valence electrons. The lowest BCUT2D eigenvalue weighted by Crippen LogP contribution is -2.50. The Balaban J connectivity index is 1.82. The number of imidazole rings is 1. The Bertz CT molecular complexity index is 1180. The molecule has 1 aromatic heterocycles. The molecule has 0 fully saturated rings. The number of carbonyl (C=O) groups is 3. The van der Waals surface area contributed by atoms with Crippen molar-refractivity contribution in [1.29, 1.82) is 0 Å². The minimum Gasteiger partial charge on any atom is -0.465 e. The van der Waals surface area contributed by atoms with Gasteiger partial charge in [0.15, 0.2) is 23.0 Å². The van der Waals surface area contributed by atoms with E-state index >= 15 is 0 Å². The fourth-order valence-electron chi connectivity index (χ4n) is 3.90. The molecule has 1 aliphatic heterocycles. The summed E-state index contributed by atoms with van der Waals surface area (Å²) in [5.41, 5.74) is -0.758. The van der Waals surface area contributed by atoms with Crippen LogP contribution in [0.15, 0.2) is 72.1 Å². The maximum Gasteiger partial charge on any atom is 0.320 e. The summed E-state index contributed by atoms with van der Waals surface area (Å²) in [7, 11) is 0. The lowest BCUT2D eigenvalue weighted by atomic mass is 9.75. The Morgan fingerprint density at radius 1 is 1.13 bits per heavy atom. The van der Waals surface area contributed by atoms with Crippen molar-refractivity contribution in [3.63, 3.8) is 0 Å². The van der Waals surface area contributed by atoms with E-state index in [-0.39, 0.29) is 13.0 Å². The maximum atomic E-state index is 13.8. The van der Waals surface area contributed by atoms with Crippen molar-refractivity contribution in [2.24, 2.45) is 10.9 Å². The van der Waals surface area contributed by atoms with Gasteiger partial charge in [-0.05, 0) is 29.8 Å². The monoisotopic (exact) mass is 415 g/mol. The van der Waals surface area contributed by atoms with E-state index in [4.69, 9.17) is 4.74 Å². The first-order valence-corrected chi connectivity index (χ1v) is 9.99. The Morgan fingerprint density at radius 3 is 2.65 bits per heavy atom. The molecule has 2 heterocycles. The molecule has 2 aromatic carbocycles. The fraction of sp³-hybridized carbons (Fsp3) is 0.208. The zero-order valence-corrected chi connectivity index (χ0v) is 16.9. The summed E-state index contributed by atoms with van der Waals surface area (Å²) in [6, 6.07) is 12.7. The van der Waals surface area contributed by atoms with Gasteiger partial charge in [-0.1, -0.05) is 42.5 Å². The molecular weight excluding hydrogens is 394 g/mol. The molecule has 7 heteroatoms. The molecule has 0 bridgehead atoms. The number of carbonyl (C=O) groups excluding carboxylic acids is 3. The summed E-state index contributed by atoms with van der Waals surface area (Å²) in [4.78, 5) is 51.4. The maximum absolute atomic E-state index is 13.8. The van der Waals surface area contributed by atoms with Crippen molar-refractivity contribution >= 4 is 34.5 Å². The first kappa shape index (κ1) is 20.4. The molecule has 2 unspecified atom stereocenters. The van der Waals surface area contributed by atoms with Gasteiger partial charge in [-0.15, -0.1) is 0 Å². The van der Waals surface area contributed by atoms with Crippen molar-refractivity contribution in [3.05, 3.63) is 78.4 Å². The SMILES string of the molecule is CCOC(=O)C(C(=O)c1cccc2ccccc12)C1(C(=O)Cc2cnc[nH]2)C=CC=N1. The average molecular weight is 415 g/mol. The van der Waals surface area contributed by atoms with Crippen LogP contribution in [-0.2, 0) is 20.7 Å². The molecule has 0 aliphatic carbocycles. The Morgan fingerprint density at radius 2 is 1.94 bits per heavy atom. The number of hydrogen-bond acceptors (Lipinski definition) is 6. The number of nitrogens with zero attached hydrogens (tertiary/aromatic N) is 2. The van der Waals surface area contributed by atoms with Crippen LogP contribution in [0.3, 0.4) is 0 Å². The number of ketones is 2. The number of benzene rings is 2. The summed E-state index contributed by atoms with van der Waals surface area (Å²) < 4.78 is 5.24. The van der Waals surface area contributed by atoms with E-state index in [0.29, 0.717) is 16.6 Å². The van der Waals surface area contributed by atoms with E-state index in [9.17, 15) is 14.4 Å². The minimum atomic E-state index is -1.68. The van der Waals surface area contributed by atoms with E-state index in [2.05, 4.69) is 15.0 Å². The first-order chi connectivity index (χ1) is 15.1. The van der Waals surface area contributed by atoms with E-state index < -0.39 is 29.0 Å². The van der Waals surface area contributed by atoms with Gasteiger partial charge in [0.1, 0.15) is 0 Å². The number of aromatic nitrogens is 2. The fourth-order valence-corrected chi connectivity index (χ4v) is 3.90. The highest BCUT2D eigenvalue weighted by Crippen LogP contribution is 2.35. The Hall–Kier alpha value is -3.87. The quantitative estimate of drug-likeness (QED) is 0.346. The normalized spacial score (nSPS) is 18.2. The summed E-state index contributed by atoms with van der Waals surface area (Å²) in [6.45, 7) is 1.74. The number of Topliss-reactive ketones (excluding diaryl/α,β-unsaturated/α-hetero) is 2. The number of esters is 1. The van der Waals surface area contributed by atoms with Gasteiger partial charge in [0.25, 0.3) is 0 Å². The second kappa shape index (κ2) is 8.47. The first-order valence-electron chi connectivity index (χ1n) is 9.99. The number of hydrogen-bond donors (Lipinski definition) is 1. The number of ether oxygens (including phenoxy) is 1. The van der Waals surface area contributed by atoms with E-state index in [1.165, 1.54) is 24.8 Å². The zero-order chi connectivity index (χ0) is 21.8. The van der Waals surface area contributed by atoms with Gasteiger partial charge in [-0.3, -0.25) is 19.4 Å². The van der Waals surface area contributed by atoms with Gasteiger partial charge < -0.3 is 9.72 Å². The highest BCUT2D eigenvalue weighted by Gasteiger charge is 2.53. The molecular formula is C24H21N3O4. The van der Waals surface area contributed by atoms with Crippen molar-refractivity contribution < 1.29 is 19.1 Å². The Labute approximate surface area is 178 Å². The van der Waals surface area contributed by atoms with Gasteiger partial charge in [-0.2, -0.15) is 0 Å². The summed E-state index contributed by atoms with van der Waals surface area (Å²) in [5.74, 6) is -3.11. The van der Waals surface area contributed by atoms with Gasteiger partial charge in [0, 0.05) is 23.7 Å². The van der Waals surface area contributed by atoms with Gasteiger partial charge in [0.05, 0.1) is 19.4 Å². The number of aromatic amines is 1. The Kier molecular flexibility index (Phi) is 5.58.